The summed E-state index contributed by atoms with van der Waals surface area (Å²) < 4.78 is 0. The second kappa shape index (κ2) is 9.16. The van der Waals surface area contributed by atoms with Crippen molar-refractivity contribution in [2.45, 2.75) is 45.6 Å². The molecular formula is C18H29ClN2O. The van der Waals surface area contributed by atoms with Gasteiger partial charge >= 0.3 is 0 Å². The van der Waals surface area contributed by atoms with Gasteiger partial charge in [0.05, 0.1) is 5.92 Å². The van der Waals surface area contributed by atoms with Crippen LogP contribution < -0.4 is 11.1 Å². The SMILES string of the molecule is CC1CCCCC1CNC(=O)C(C)C(N)c1ccccc1.Cl. The van der Waals surface area contributed by atoms with Gasteiger partial charge in [-0.1, -0.05) is 63.4 Å². The van der Waals surface area contributed by atoms with Crippen LogP contribution in [-0.4, -0.2) is 12.5 Å². The van der Waals surface area contributed by atoms with Gasteiger partial charge in [-0.2, -0.15) is 0 Å². The van der Waals surface area contributed by atoms with Gasteiger partial charge in [0.25, 0.3) is 0 Å². The summed E-state index contributed by atoms with van der Waals surface area (Å²) in [5.41, 5.74) is 7.23. The number of benzene rings is 1. The van der Waals surface area contributed by atoms with Crippen LogP contribution in [0, 0.1) is 17.8 Å². The summed E-state index contributed by atoms with van der Waals surface area (Å²) in [6.07, 6.45) is 5.16. The fraction of sp³-hybridized carbons (Fsp3) is 0.611. The maximum atomic E-state index is 12.3. The number of nitrogens with one attached hydrogen (secondary N) is 1. The molecule has 22 heavy (non-hydrogen) atoms. The van der Waals surface area contributed by atoms with E-state index in [4.69, 9.17) is 5.73 Å². The zero-order chi connectivity index (χ0) is 15.2. The van der Waals surface area contributed by atoms with Crippen LogP contribution in [0.25, 0.3) is 0 Å². The second-order valence-electron chi connectivity index (χ2n) is 6.49. The van der Waals surface area contributed by atoms with Crippen LogP contribution in [0.15, 0.2) is 30.3 Å². The van der Waals surface area contributed by atoms with Gasteiger partial charge in [0.2, 0.25) is 5.91 Å². The summed E-state index contributed by atoms with van der Waals surface area (Å²) >= 11 is 0. The minimum Gasteiger partial charge on any atom is -0.356 e. The molecule has 2 rings (SSSR count). The molecule has 1 fully saturated rings. The van der Waals surface area contributed by atoms with Crippen LogP contribution in [0.2, 0.25) is 0 Å². The third-order valence-electron chi connectivity index (χ3n) is 4.96. The van der Waals surface area contributed by atoms with Crippen LogP contribution in [0.5, 0.6) is 0 Å². The highest BCUT2D eigenvalue weighted by Crippen LogP contribution is 2.29. The second-order valence-corrected chi connectivity index (χ2v) is 6.49. The summed E-state index contributed by atoms with van der Waals surface area (Å²) in [4.78, 5) is 12.3. The van der Waals surface area contributed by atoms with E-state index in [1.165, 1.54) is 25.7 Å². The molecule has 0 saturated heterocycles. The smallest absolute Gasteiger partial charge is 0.224 e. The zero-order valence-corrected chi connectivity index (χ0v) is 14.4. The van der Waals surface area contributed by atoms with Crippen molar-refractivity contribution in [1.29, 1.82) is 0 Å². The molecule has 4 atom stereocenters. The van der Waals surface area contributed by atoms with Crippen LogP contribution in [-0.2, 0) is 4.79 Å². The van der Waals surface area contributed by atoms with Crippen molar-refractivity contribution < 1.29 is 4.79 Å². The molecule has 4 unspecified atom stereocenters. The van der Waals surface area contributed by atoms with E-state index in [2.05, 4.69) is 12.2 Å². The third-order valence-corrected chi connectivity index (χ3v) is 4.96. The minimum absolute atomic E-state index is 0. The Morgan fingerprint density at radius 1 is 1.27 bits per heavy atom. The Bertz CT molecular complexity index is 452. The van der Waals surface area contributed by atoms with Crippen molar-refractivity contribution in [2.75, 3.05) is 6.54 Å². The molecule has 0 radical (unpaired) electrons. The molecule has 0 spiro atoms. The lowest BCUT2D eigenvalue weighted by Crippen LogP contribution is -2.39. The summed E-state index contributed by atoms with van der Waals surface area (Å²) in [7, 11) is 0. The maximum absolute atomic E-state index is 12.3. The normalized spacial score (nSPS) is 24.0. The largest absolute Gasteiger partial charge is 0.356 e. The van der Waals surface area contributed by atoms with E-state index in [1.807, 2.05) is 37.3 Å². The van der Waals surface area contributed by atoms with Gasteiger partial charge in [0.1, 0.15) is 0 Å². The number of carbonyl (C=O) groups excluding carboxylic acids is 1. The Morgan fingerprint density at radius 3 is 2.55 bits per heavy atom. The molecule has 0 aliphatic heterocycles. The number of carbonyl (C=O) groups is 1. The monoisotopic (exact) mass is 324 g/mol. The molecule has 124 valence electrons. The number of rotatable bonds is 5. The summed E-state index contributed by atoms with van der Waals surface area (Å²) in [6.45, 7) is 5.01. The van der Waals surface area contributed by atoms with Gasteiger partial charge in [-0.15, -0.1) is 12.4 Å². The van der Waals surface area contributed by atoms with E-state index in [0.29, 0.717) is 5.92 Å². The molecule has 0 aromatic heterocycles. The average molecular weight is 325 g/mol. The predicted molar refractivity (Wildman–Crippen MR) is 93.9 cm³/mol. The van der Waals surface area contributed by atoms with Crippen molar-refractivity contribution in [1.82, 2.24) is 5.32 Å². The highest BCUT2D eigenvalue weighted by atomic mass is 35.5. The number of hydrogen-bond acceptors (Lipinski definition) is 2. The predicted octanol–water partition coefficient (Wildman–Crippen LogP) is 3.69. The number of nitrogens with two attached hydrogens (primary N) is 1. The van der Waals surface area contributed by atoms with Gasteiger partial charge in [-0.3, -0.25) is 4.79 Å². The Labute approximate surface area is 140 Å². The van der Waals surface area contributed by atoms with Gasteiger partial charge < -0.3 is 11.1 Å². The standard InChI is InChI=1S/C18H28N2O.ClH/c1-13-8-6-7-11-16(13)12-20-18(21)14(2)17(19)15-9-4-3-5-10-15;/h3-5,9-10,13-14,16-17H,6-8,11-12,19H2,1-2H3,(H,20,21);1H. The van der Waals surface area contributed by atoms with Gasteiger partial charge in [0.15, 0.2) is 0 Å². The lowest BCUT2D eigenvalue weighted by Gasteiger charge is -2.29. The van der Waals surface area contributed by atoms with Crippen LogP contribution in [0.4, 0.5) is 0 Å². The molecule has 0 bridgehead atoms. The summed E-state index contributed by atoms with van der Waals surface area (Å²) in [6, 6.07) is 9.61. The number of halogens is 1. The molecular weight excluding hydrogens is 296 g/mol. The lowest BCUT2D eigenvalue weighted by molar-refractivity contribution is -0.125. The van der Waals surface area contributed by atoms with Gasteiger partial charge in [-0.05, 0) is 23.8 Å². The minimum atomic E-state index is -0.241. The summed E-state index contributed by atoms with van der Waals surface area (Å²) in [5, 5.41) is 3.11. The van der Waals surface area contributed by atoms with Crippen LogP contribution >= 0.6 is 12.4 Å². The van der Waals surface area contributed by atoms with Crippen molar-refractivity contribution >= 4 is 18.3 Å². The van der Waals surface area contributed by atoms with Crippen LogP contribution in [0.1, 0.15) is 51.1 Å². The van der Waals surface area contributed by atoms with Gasteiger partial charge in [0, 0.05) is 12.6 Å². The van der Waals surface area contributed by atoms with E-state index in [9.17, 15) is 4.79 Å². The molecule has 1 amide bonds. The molecule has 1 saturated carbocycles. The third kappa shape index (κ3) is 4.99. The van der Waals surface area contributed by atoms with E-state index in [1.54, 1.807) is 0 Å². The Morgan fingerprint density at radius 2 is 1.91 bits per heavy atom. The highest BCUT2D eigenvalue weighted by molar-refractivity contribution is 5.85. The molecule has 1 aliphatic carbocycles. The van der Waals surface area contributed by atoms with Gasteiger partial charge in [-0.25, -0.2) is 0 Å². The molecule has 0 heterocycles. The maximum Gasteiger partial charge on any atom is 0.224 e. The van der Waals surface area contributed by atoms with Crippen molar-refractivity contribution in [3.63, 3.8) is 0 Å². The first kappa shape index (κ1) is 19.0. The molecule has 3 N–H and O–H groups in total. The van der Waals surface area contributed by atoms with Crippen LogP contribution in [0.3, 0.4) is 0 Å². The zero-order valence-electron chi connectivity index (χ0n) is 13.6. The molecule has 3 nitrogen and oxygen atoms in total. The molecule has 4 heteroatoms. The number of amides is 1. The fourth-order valence-corrected chi connectivity index (χ4v) is 3.22. The first-order chi connectivity index (χ1) is 10.1. The molecule has 1 aromatic carbocycles. The van der Waals surface area contributed by atoms with Crippen molar-refractivity contribution in [3.8, 4) is 0 Å². The first-order valence-electron chi connectivity index (χ1n) is 8.18. The van der Waals surface area contributed by atoms with E-state index in [-0.39, 0.29) is 30.3 Å². The average Bonchev–Trinajstić information content (AvgIpc) is 2.53. The van der Waals surface area contributed by atoms with E-state index < -0.39 is 0 Å². The quantitative estimate of drug-likeness (QED) is 0.868. The Balaban J connectivity index is 0.00000242. The first-order valence-corrected chi connectivity index (χ1v) is 8.18. The topological polar surface area (TPSA) is 55.1 Å². The number of hydrogen-bond donors (Lipinski definition) is 2. The fourth-order valence-electron chi connectivity index (χ4n) is 3.22. The highest BCUT2D eigenvalue weighted by Gasteiger charge is 2.25. The Kier molecular flexibility index (Phi) is 7.91. The van der Waals surface area contributed by atoms with Crippen molar-refractivity contribution in [3.05, 3.63) is 35.9 Å². The lowest BCUT2D eigenvalue weighted by atomic mass is 9.80. The molecule has 1 aliphatic rings. The van der Waals surface area contributed by atoms with E-state index in [0.717, 1.165) is 18.0 Å². The van der Waals surface area contributed by atoms with E-state index >= 15 is 0 Å². The molecule has 1 aromatic rings. The summed E-state index contributed by atoms with van der Waals surface area (Å²) in [5.74, 6) is 1.22. The van der Waals surface area contributed by atoms with Crippen molar-refractivity contribution in [2.24, 2.45) is 23.5 Å². The Hall–Kier alpha value is -1.06.